The molecule has 0 saturated carbocycles. The molecule has 2 heterocycles. The minimum Gasteiger partial charge on any atom is -0.343 e. The molecule has 1 aliphatic heterocycles. The summed E-state index contributed by atoms with van der Waals surface area (Å²) < 4.78 is 28.2. The van der Waals surface area contributed by atoms with Gasteiger partial charge < -0.3 is 10.2 Å². The number of benzene rings is 2. The molecular formula is C20H20N4O4S2. The van der Waals surface area contributed by atoms with Crippen LogP contribution in [0.4, 0.5) is 5.13 Å². The van der Waals surface area contributed by atoms with Crippen molar-refractivity contribution in [3.8, 4) is 11.1 Å². The summed E-state index contributed by atoms with van der Waals surface area (Å²) in [6, 6.07) is 12.3. The topological polar surface area (TPSA) is 99.7 Å². The molecule has 0 spiro atoms. The van der Waals surface area contributed by atoms with Gasteiger partial charge in [-0.3, -0.25) is 9.59 Å². The number of fused-ring (bicyclic) bond motifs is 1. The Hall–Kier alpha value is -2.82. The van der Waals surface area contributed by atoms with Crippen LogP contribution in [0.25, 0.3) is 21.3 Å². The van der Waals surface area contributed by atoms with Gasteiger partial charge in [0.2, 0.25) is 21.8 Å². The summed E-state index contributed by atoms with van der Waals surface area (Å²) in [5.41, 5.74) is 2.34. The van der Waals surface area contributed by atoms with E-state index in [9.17, 15) is 18.0 Å². The molecule has 2 amide bonds. The number of anilines is 1. The number of carbonyl (C=O) groups excluding carboxylic acids is 2. The number of amides is 2. The fourth-order valence-corrected chi connectivity index (χ4v) is 5.61. The van der Waals surface area contributed by atoms with E-state index in [0.29, 0.717) is 11.7 Å². The van der Waals surface area contributed by atoms with Crippen molar-refractivity contribution in [1.82, 2.24) is 14.2 Å². The number of piperazine rings is 1. The van der Waals surface area contributed by atoms with Crippen molar-refractivity contribution in [3.05, 3.63) is 42.5 Å². The Balaban J connectivity index is 1.66. The molecule has 0 unspecified atom stereocenters. The molecule has 8 nitrogen and oxygen atoms in total. The van der Waals surface area contributed by atoms with E-state index in [4.69, 9.17) is 0 Å². The first-order valence-corrected chi connectivity index (χ1v) is 11.5. The van der Waals surface area contributed by atoms with Crippen LogP contribution in [0.5, 0.6) is 0 Å². The number of nitrogens with zero attached hydrogens (tertiary/aromatic N) is 3. The average Bonchev–Trinajstić information content (AvgIpc) is 3.10. The molecule has 3 aromatic rings. The van der Waals surface area contributed by atoms with Crippen molar-refractivity contribution in [2.75, 3.05) is 32.0 Å². The van der Waals surface area contributed by atoms with Crippen LogP contribution in [0.15, 0.2) is 47.4 Å². The monoisotopic (exact) mass is 444 g/mol. The lowest BCUT2D eigenvalue weighted by atomic mass is 10.1. The lowest BCUT2D eigenvalue weighted by Crippen LogP contribution is -2.50. The van der Waals surface area contributed by atoms with Gasteiger partial charge in [-0.15, -0.1) is 0 Å². The molecule has 0 atom stereocenters. The maximum Gasteiger partial charge on any atom is 0.243 e. The van der Waals surface area contributed by atoms with E-state index < -0.39 is 10.0 Å². The van der Waals surface area contributed by atoms with Gasteiger partial charge in [0.05, 0.1) is 21.7 Å². The number of hydrogen-bond donors (Lipinski definition) is 1. The van der Waals surface area contributed by atoms with Gasteiger partial charge in [-0.2, -0.15) is 4.31 Å². The standard InChI is InChI=1S/C20H20N4O4S2/c1-13(25)21-20-22-17-7-6-15(11-18(17)29-20)14-4-3-5-16(10-14)30(27,28)24-9-8-23(2)19(26)12-24/h3-7,10-11H,8-9,12H2,1-2H3,(H,21,22,25). The second-order valence-electron chi connectivity index (χ2n) is 7.06. The highest BCUT2D eigenvalue weighted by atomic mass is 32.2. The third-order valence-corrected chi connectivity index (χ3v) is 7.67. The predicted octanol–water partition coefficient (Wildman–Crippen LogP) is 2.38. The maximum atomic E-state index is 13.0. The number of rotatable bonds is 4. The van der Waals surface area contributed by atoms with Crippen LogP contribution in [0.3, 0.4) is 0 Å². The number of thiazole rings is 1. The Kier molecular flexibility index (Phi) is 5.31. The zero-order chi connectivity index (χ0) is 21.5. The molecule has 4 rings (SSSR count). The van der Waals surface area contributed by atoms with Gasteiger partial charge in [0.15, 0.2) is 5.13 Å². The molecule has 1 fully saturated rings. The minimum absolute atomic E-state index is 0.151. The van der Waals surface area contributed by atoms with Crippen molar-refractivity contribution in [2.45, 2.75) is 11.8 Å². The van der Waals surface area contributed by atoms with Gasteiger partial charge in [-0.1, -0.05) is 29.5 Å². The summed E-state index contributed by atoms with van der Waals surface area (Å²) in [5, 5.41) is 3.20. The molecular weight excluding hydrogens is 424 g/mol. The van der Waals surface area contributed by atoms with Gasteiger partial charge in [0.1, 0.15) is 0 Å². The summed E-state index contributed by atoms with van der Waals surface area (Å²) >= 11 is 1.36. The summed E-state index contributed by atoms with van der Waals surface area (Å²) in [7, 11) is -2.11. The third-order valence-electron chi connectivity index (χ3n) is 4.90. The largest absolute Gasteiger partial charge is 0.343 e. The van der Waals surface area contributed by atoms with Crippen molar-refractivity contribution in [3.63, 3.8) is 0 Å². The van der Waals surface area contributed by atoms with E-state index in [2.05, 4.69) is 10.3 Å². The third kappa shape index (κ3) is 3.93. The lowest BCUT2D eigenvalue weighted by Gasteiger charge is -2.31. The Morgan fingerprint density at radius 2 is 1.90 bits per heavy atom. The lowest BCUT2D eigenvalue weighted by molar-refractivity contribution is -0.132. The quantitative estimate of drug-likeness (QED) is 0.666. The molecule has 0 bridgehead atoms. The van der Waals surface area contributed by atoms with E-state index in [1.807, 2.05) is 24.3 Å². The highest BCUT2D eigenvalue weighted by Crippen LogP contribution is 2.31. The van der Waals surface area contributed by atoms with Crippen molar-refractivity contribution >= 4 is 48.5 Å². The van der Waals surface area contributed by atoms with Crippen molar-refractivity contribution < 1.29 is 18.0 Å². The molecule has 0 aliphatic carbocycles. The van der Waals surface area contributed by atoms with Gasteiger partial charge in [-0.05, 0) is 35.4 Å². The molecule has 1 N–H and O–H groups in total. The van der Waals surface area contributed by atoms with Gasteiger partial charge in [-0.25, -0.2) is 13.4 Å². The van der Waals surface area contributed by atoms with E-state index in [1.54, 1.807) is 25.2 Å². The van der Waals surface area contributed by atoms with Gasteiger partial charge in [0.25, 0.3) is 0 Å². The second kappa shape index (κ2) is 7.78. The Morgan fingerprint density at radius 3 is 2.63 bits per heavy atom. The number of sulfonamides is 1. The molecule has 2 aromatic carbocycles. The summed E-state index contributed by atoms with van der Waals surface area (Å²) in [6.07, 6.45) is 0. The van der Waals surface area contributed by atoms with E-state index in [1.165, 1.54) is 27.5 Å². The molecule has 0 radical (unpaired) electrons. The zero-order valence-corrected chi connectivity index (χ0v) is 18.1. The Morgan fingerprint density at radius 1 is 1.13 bits per heavy atom. The van der Waals surface area contributed by atoms with E-state index in [0.717, 1.165) is 21.3 Å². The van der Waals surface area contributed by atoms with Crippen LogP contribution in [-0.4, -0.2) is 61.1 Å². The van der Waals surface area contributed by atoms with Gasteiger partial charge in [0, 0.05) is 27.1 Å². The number of nitrogens with one attached hydrogen (secondary N) is 1. The zero-order valence-electron chi connectivity index (χ0n) is 16.5. The maximum absolute atomic E-state index is 13.0. The fraction of sp³-hybridized carbons (Fsp3) is 0.250. The number of carbonyl (C=O) groups is 2. The highest BCUT2D eigenvalue weighted by Gasteiger charge is 2.31. The van der Waals surface area contributed by atoms with Crippen LogP contribution < -0.4 is 5.32 Å². The minimum atomic E-state index is -3.77. The molecule has 1 aromatic heterocycles. The van der Waals surface area contributed by atoms with Crippen LogP contribution in [0.1, 0.15) is 6.92 Å². The normalized spacial score (nSPS) is 15.5. The number of aromatic nitrogens is 1. The van der Waals surface area contributed by atoms with Crippen LogP contribution >= 0.6 is 11.3 Å². The first kappa shape index (κ1) is 20.5. The SMILES string of the molecule is CC(=O)Nc1nc2ccc(-c3cccc(S(=O)(=O)N4CCN(C)C(=O)C4)c3)cc2s1. The number of hydrogen-bond acceptors (Lipinski definition) is 6. The molecule has 1 saturated heterocycles. The highest BCUT2D eigenvalue weighted by molar-refractivity contribution is 7.89. The van der Waals surface area contributed by atoms with Crippen LogP contribution in [-0.2, 0) is 19.6 Å². The van der Waals surface area contributed by atoms with Crippen LogP contribution in [0, 0.1) is 0 Å². The van der Waals surface area contributed by atoms with Crippen LogP contribution in [0.2, 0.25) is 0 Å². The van der Waals surface area contributed by atoms with Crippen molar-refractivity contribution in [2.24, 2.45) is 0 Å². The van der Waals surface area contributed by atoms with E-state index in [-0.39, 0.29) is 29.8 Å². The molecule has 156 valence electrons. The summed E-state index contributed by atoms with van der Waals surface area (Å²) in [6.45, 7) is 1.92. The fourth-order valence-electron chi connectivity index (χ4n) is 3.24. The van der Waals surface area contributed by atoms with Gasteiger partial charge >= 0.3 is 0 Å². The molecule has 10 heteroatoms. The molecule has 30 heavy (non-hydrogen) atoms. The number of likely N-dealkylation sites (N-methyl/N-ethyl adjacent to an activating group) is 1. The van der Waals surface area contributed by atoms with Crippen molar-refractivity contribution in [1.29, 1.82) is 0 Å². The molecule has 1 aliphatic rings. The summed E-state index contributed by atoms with van der Waals surface area (Å²) in [5.74, 6) is -0.402. The smallest absolute Gasteiger partial charge is 0.243 e. The second-order valence-corrected chi connectivity index (χ2v) is 10.0. The summed E-state index contributed by atoms with van der Waals surface area (Å²) in [4.78, 5) is 29.3. The Labute approximate surface area is 178 Å². The first-order chi connectivity index (χ1) is 14.2. The van der Waals surface area contributed by atoms with E-state index >= 15 is 0 Å². The first-order valence-electron chi connectivity index (χ1n) is 9.27. The Bertz CT molecular complexity index is 1250. The predicted molar refractivity (Wildman–Crippen MR) is 116 cm³/mol. The average molecular weight is 445 g/mol.